The van der Waals surface area contributed by atoms with Crippen molar-refractivity contribution in [1.82, 2.24) is 0 Å². The van der Waals surface area contributed by atoms with Gasteiger partial charge in [-0.05, 0) is 13.8 Å². The molecule has 0 atom stereocenters. The maximum atomic E-state index is 13.1. The summed E-state index contributed by atoms with van der Waals surface area (Å²) in [5, 5.41) is 13.2. The van der Waals surface area contributed by atoms with E-state index in [0.29, 0.717) is 6.07 Å². The number of hydrogen-bond donors (Lipinski definition) is 1. The fourth-order valence-corrected chi connectivity index (χ4v) is 1.17. The van der Waals surface area contributed by atoms with Crippen LogP contribution < -0.4 is 5.32 Å². The largest absolute Gasteiger partial charge is 0.377 e. The third kappa shape index (κ3) is 2.61. The van der Waals surface area contributed by atoms with Crippen LogP contribution >= 0.6 is 0 Å². The number of hydrogen-bond acceptors (Lipinski definition) is 3. The Morgan fingerprint density at radius 2 is 2.00 bits per heavy atom. The van der Waals surface area contributed by atoms with E-state index in [2.05, 4.69) is 5.32 Å². The van der Waals surface area contributed by atoms with E-state index in [-0.39, 0.29) is 11.7 Å². The average molecular weight is 216 g/mol. The second-order valence-electron chi connectivity index (χ2n) is 3.34. The Bertz CT molecular complexity index is 394. The maximum Gasteiger partial charge on any atom is 0.327 e. The van der Waals surface area contributed by atoms with Crippen LogP contribution in [0.25, 0.3) is 0 Å². The molecule has 0 aromatic heterocycles. The molecule has 82 valence electrons. The number of nitrogens with one attached hydrogen (secondary N) is 1. The van der Waals surface area contributed by atoms with Gasteiger partial charge in [-0.3, -0.25) is 10.1 Å². The summed E-state index contributed by atoms with van der Waals surface area (Å²) in [4.78, 5) is 9.66. The number of nitro benzene ring substituents is 1. The molecule has 0 unspecified atom stereocenters. The predicted molar refractivity (Wildman–Crippen MR) is 51.8 cm³/mol. The van der Waals surface area contributed by atoms with Crippen molar-refractivity contribution in [3.05, 3.63) is 33.9 Å². The first-order valence-corrected chi connectivity index (χ1v) is 4.31. The Morgan fingerprint density at radius 1 is 1.40 bits per heavy atom. The number of nitrogens with zero attached hydrogens (tertiary/aromatic N) is 1. The van der Waals surface area contributed by atoms with Crippen LogP contribution in [0.15, 0.2) is 12.1 Å². The van der Waals surface area contributed by atoms with Crippen LogP contribution in [0.5, 0.6) is 0 Å². The molecule has 0 heterocycles. The molecule has 4 nitrogen and oxygen atoms in total. The number of benzene rings is 1. The summed E-state index contributed by atoms with van der Waals surface area (Å²) in [6.45, 7) is 3.43. The van der Waals surface area contributed by atoms with Crippen molar-refractivity contribution in [2.45, 2.75) is 19.9 Å². The lowest BCUT2D eigenvalue weighted by Crippen LogP contribution is -2.12. The Morgan fingerprint density at radius 3 is 2.47 bits per heavy atom. The topological polar surface area (TPSA) is 55.2 Å². The molecule has 0 saturated carbocycles. The molecule has 0 amide bonds. The van der Waals surface area contributed by atoms with E-state index in [4.69, 9.17) is 0 Å². The Hall–Kier alpha value is -1.72. The van der Waals surface area contributed by atoms with Gasteiger partial charge >= 0.3 is 5.69 Å². The van der Waals surface area contributed by atoms with Crippen LogP contribution in [0, 0.1) is 21.7 Å². The average Bonchev–Trinajstić information content (AvgIpc) is 1.99. The summed E-state index contributed by atoms with van der Waals surface area (Å²) in [5.41, 5.74) is -0.877. The zero-order valence-corrected chi connectivity index (χ0v) is 8.25. The van der Waals surface area contributed by atoms with Gasteiger partial charge in [0.25, 0.3) is 0 Å². The highest BCUT2D eigenvalue weighted by Gasteiger charge is 2.22. The monoisotopic (exact) mass is 216 g/mol. The molecule has 0 saturated heterocycles. The van der Waals surface area contributed by atoms with Crippen molar-refractivity contribution in [1.29, 1.82) is 0 Å². The van der Waals surface area contributed by atoms with Crippen molar-refractivity contribution < 1.29 is 13.7 Å². The van der Waals surface area contributed by atoms with E-state index in [1.807, 2.05) is 0 Å². The molecule has 0 bridgehead atoms. The minimum Gasteiger partial charge on any atom is -0.377 e. The second-order valence-corrected chi connectivity index (χ2v) is 3.34. The molecule has 0 spiro atoms. The molecular weight excluding hydrogens is 206 g/mol. The summed E-state index contributed by atoms with van der Waals surface area (Å²) in [6.07, 6.45) is 0. The Kier molecular flexibility index (Phi) is 3.18. The summed E-state index contributed by atoms with van der Waals surface area (Å²) >= 11 is 0. The molecule has 0 aliphatic carbocycles. The minimum absolute atomic E-state index is 0.146. The third-order valence-corrected chi connectivity index (χ3v) is 1.65. The summed E-state index contributed by atoms with van der Waals surface area (Å²) < 4.78 is 25.9. The van der Waals surface area contributed by atoms with Crippen LogP contribution in [-0.2, 0) is 0 Å². The van der Waals surface area contributed by atoms with E-state index in [1.165, 1.54) is 0 Å². The molecule has 1 N–H and O–H groups in total. The van der Waals surface area contributed by atoms with Gasteiger partial charge in [0.2, 0.25) is 5.82 Å². The molecule has 0 fully saturated rings. The van der Waals surface area contributed by atoms with E-state index in [1.54, 1.807) is 13.8 Å². The van der Waals surface area contributed by atoms with Crippen LogP contribution in [0.1, 0.15) is 13.8 Å². The zero-order chi connectivity index (χ0) is 11.6. The highest BCUT2D eigenvalue weighted by molar-refractivity contribution is 5.62. The lowest BCUT2D eigenvalue weighted by molar-refractivity contribution is -0.386. The first-order chi connectivity index (χ1) is 6.91. The van der Waals surface area contributed by atoms with E-state index in [0.717, 1.165) is 6.07 Å². The van der Waals surface area contributed by atoms with Gasteiger partial charge in [0.05, 0.1) is 4.92 Å². The number of rotatable bonds is 3. The van der Waals surface area contributed by atoms with Crippen LogP contribution in [0.4, 0.5) is 20.2 Å². The molecule has 1 aromatic carbocycles. The van der Waals surface area contributed by atoms with E-state index < -0.39 is 22.2 Å². The van der Waals surface area contributed by atoms with Gasteiger partial charge in [-0.1, -0.05) is 0 Å². The van der Waals surface area contributed by atoms with Gasteiger partial charge in [0, 0.05) is 18.2 Å². The number of anilines is 1. The number of halogens is 2. The summed E-state index contributed by atoms with van der Waals surface area (Å²) in [7, 11) is 0. The standard InChI is InChI=1S/C9H10F2N2O2/c1-5(2)12-8-4-6(10)3-7(11)9(8)13(14)15/h3-5,12H,1-2H3. The van der Waals surface area contributed by atoms with Crippen LogP contribution in [0.2, 0.25) is 0 Å². The van der Waals surface area contributed by atoms with Gasteiger partial charge < -0.3 is 5.32 Å². The second kappa shape index (κ2) is 4.20. The van der Waals surface area contributed by atoms with Gasteiger partial charge in [0.1, 0.15) is 11.5 Å². The summed E-state index contributed by atoms with van der Waals surface area (Å²) in [5.74, 6) is -2.02. The van der Waals surface area contributed by atoms with Crippen LogP contribution in [0.3, 0.4) is 0 Å². The van der Waals surface area contributed by atoms with Crippen molar-refractivity contribution in [2.75, 3.05) is 5.32 Å². The van der Waals surface area contributed by atoms with Crippen molar-refractivity contribution in [3.63, 3.8) is 0 Å². The Balaban J connectivity index is 3.27. The lowest BCUT2D eigenvalue weighted by atomic mass is 10.2. The SMILES string of the molecule is CC(C)Nc1cc(F)cc(F)c1[N+](=O)[O-]. The van der Waals surface area contributed by atoms with Crippen molar-refractivity contribution in [3.8, 4) is 0 Å². The lowest BCUT2D eigenvalue weighted by Gasteiger charge is -2.10. The Labute approximate surface area is 85.1 Å². The highest BCUT2D eigenvalue weighted by atomic mass is 19.1. The maximum absolute atomic E-state index is 13.1. The van der Waals surface area contributed by atoms with Gasteiger partial charge in [-0.2, -0.15) is 4.39 Å². The van der Waals surface area contributed by atoms with Gasteiger partial charge in [-0.25, -0.2) is 4.39 Å². The van der Waals surface area contributed by atoms with E-state index in [9.17, 15) is 18.9 Å². The smallest absolute Gasteiger partial charge is 0.327 e. The molecular formula is C9H10F2N2O2. The fourth-order valence-electron chi connectivity index (χ4n) is 1.17. The molecule has 1 rings (SSSR count). The fraction of sp³-hybridized carbons (Fsp3) is 0.333. The van der Waals surface area contributed by atoms with Crippen molar-refractivity contribution >= 4 is 11.4 Å². The molecule has 15 heavy (non-hydrogen) atoms. The van der Waals surface area contributed by atoms with E-state index >= 15 is 0 Å². The highest BCUT2D eigenvalue weighted by Crippen LogP contribution is 2.29. The zero-order valence-electron chi connectivity index (χ0n) is 8.25. The third-order valence-electron chi connectivity index (χ3n) is 1.65. The number of nitro groups is 1. The van der Waals surface area contributed by atoms with Crippen molar-refractivity contribution in [2.24, 2.45) is 0 Å². The molecule has 6 heteroatoms. The van der Waals surface area contributed by atoms with Crippen LogP contribution in [-0.4, -0.2) is 11.0 Å². The first-order valence-electron chi connectivity index (χ1n) is 4.31. The minimum atomic E-state index is -1.18. The molecule has 0 radical (unpaired) electrons. The molecule has 0 aliphatic rings. The normalized spacial score (nSPS) is 10.5. The van der Waals surface area contributed by atoms with Gasteiger partial charge in [-0.15, -0.1) is 0 Å². The van der Waals surface area contributed by atoms with Gasteiger partial charge in [0.15, 0.2) is 0 Å². The summed E-state index contributed by atoms with van der Waals surface area (Å²) in [6, 6.07) is 1.25. The molecule has 1 aromatic rings. The quantitative estimate of drug-likeness (QED) is 0.624. The molecule has 0 aliphatic heterocycles. The first kappa shape index (κ1) is 11.4. The predicted octanol–water partition coefficient (Wildman–Crippen LogP) is 2.69.